The second-order valence-corrected chi connectivity index (χ2v) is 8.70. The predicted octanol–water partition coefficient (Wildman–Crippen LogP) is 2.69. The Bertz CT molecular complexity index is 893. The molecular weight excluding hydrogens is 375 g/mol. The predicted molar refractivity (Wildman–Crippen MR) is 99.3 cm³/mol. The molecule has 1 saturated heterocycles. The second kappa shape index (κ2) is 7.77. The Morgan fingerprint density at radius 1 is 1.04 bits per heavy atom. The second-order valence-electron chi connectivity index (χ2n) is 5.88. The minimum absolute atomic E-state index is 0.216. The molecule has 5 nitrogen and oxygen atoms in total. The average molecular weight is 394 g/mol. The summed E-state index contributed by atoms with van der Waals surface area (Å²) in [4.78, 5) is 15.2. The zero-order valence-electron chi connectivity index (χ0n) is 14.3. The summed E-state index contributed by atoms with van der Waals surface area (Å²) in [7, 11) is -3.58. The molecule has 0 aliphatic carbocycles. The SMILES string of the molecule is CSc1cccc(S(=O)(=O)N2CCN(C(=O)c3ccc(F)cc3)CC2)c1. The molecule has 8 heteroatoms. The molecule has 0 aromatic heterocycles. The first-order chi connectivity index (χ1) is 12.4. The van der Waals surface area contributed by atoms with Gasteiger partial charge in [-0.25, -0.2) is 12.8 Å². The van der Waals surface area contributed by atoms with Crippen molar-refractivity contribution < 1.29 is 17.6 Å². The first kappa shape index (κ1) is 18.9. The fraction of sp³-hybridized carbons (Fsp3) is 0.278. The Balaban J connectivity index is 1.69. The van der Waals surface area contributed by atoms with Crippen molar-refractivity contribution in [3.05, 3.63) is 59.9 Å². The van der Waals surface area contributed by atoms with Crippen molar-refractivity contribution in [2.45, 2.75) is 9.79 Å². The zero-order valence-corrected chi connectivity index (χ0v) is 15.9. The number of carbonyl (C=O) groups is 1. The molecule has 0 spiro atoms. The van der Waals surface area contributed by atoms with E-state index in [9.17, 15) is 17.6 Å². The number of carbonyl (C=O) groups excluding carboxylic acids is 1. The van der Waals surface area contributed by atoms with E-state index in [1.165, 1.54) is 40.3 Å². The summed E-state index contributed by atoms with van der Waals surface area (Å²) in [5, 5.41) is 0. The van der Waals surface area contributed by atoms with Gasteiger partial charge in [0.05, 0.1) is 4.90 Å². The van der Waals surface area contributed by atoms with Crippen molar-refractivity contribution in [2.24, 2.45) is 0 Å². The molecule has 1 amide bonds. The Kier molecular flexibility index (Phi) is 5.64. The molecule has 0 radical (unpaired) electrons. The number of halogens is 1. The van der Waals surface area contributed by atoms with E-state index in [4.69, 9.17) is 0 Å². The van der Waals surface area contributed by atoms with Crippen LogP contribution in [-0.2, 0) is 10.0 Å². The first-order valence-corrected chi connectivity index (χ1v) is 10.8. The lowest BCUT2D eigenvalue weighted by molar-refractivity contribution is 0.0698. The van der Waals surface area contributed by atoms with Gasteiger partial charge in [0, 0.05) is 36.6 Å². The van der Waals surface area contributed by atoms with Crippen LogP contribution >= 0.6 is 11.8 Å². The molecule has 1 aliphatic heterocycles. The topological polar surface area (TPSA) is 57.7 Å². The quantitative estimate of drug-likeness (QED) is 0.748. The Morgan fingerprint density at radius 3 is 2.31 bits per heavy atom. The number of hydrogen-bond donors (Lipinski definition) is 0. The lowest BCUT2D eigenvalue weighted by atomic mass is 10.2. The Hall–Kier alpha value is -1.90. The number of benzene rings is 2. The Labute approximate surface area is 156 Å². The fourth-order valence-electron chi connectivity index (χ4n) is 2.82. The van der Waals surface area contributed by atoms with Gasteiger partial charge in [-0.15, -0.1) is 11.8 Å². The van der Waals surface area contributed by atoms with Gasteiger partial charge in [0.25, 0.3) is 5.91 Å². The minimum Gasteiger partial charge on any atom is -0.336 e. The average Bonchev–Trinajstić information content (AvgIpc) is 2.68. The van der Waals surface area contributed by atoms with Gasteiger partial charge in [-0.05, 0) is 48.7 Å². The molecule has 1 aliphatic rings. The van der Waals surface area contributed by atoms with Crippen LogP contribution in [0.5, 0.6) is 0 Å². The van der Waals surface area contributed by atoms with E-state index in [0.29, 0.717) is 18.7 Å². The van der Waals surface area contributed by atoms with Gasteiger partial charge in [-0.3, -0.25) is 4.79 Å². The number of piperazine rings is 1. The van der Waals surface area contributed by atoms with Crippen LogP contribution < -0.4 is 0 Å². The highest BCUT2D eigenvalue weighted by Crippen LogP contribution is 2.23. The summed E-state index contributed by atoms with van der Waals surface area (Å²) in [5.41, 5.74) is 0.398. The summed E-state index contributed by atoms with van der Waals surface area (Å²) in [6, 6.07) is 12.2. The van der Waals surface area contributed by atoms with E-state index in [1.807, 2.05) is 12.3 Å². The van der Waals surface area contributed by atoms with Gasteiger partial charge in [0.2, 0.25) is 10.0 Å². The molecule has 1 heterocycles. The molecule has 1 fully saturated rings. The molecule has 0 atom stereocenters. The normalized spacial score (nSPS) is 15.8. The van der Waals surface area contributed by atoms with Crippen LogP contribution in [-0.4, -0.2) is 56.0 Å². The number of amides is 1. The summed E-state index contributed by atoms with van der Waals surface area (Å²) >= 11 is 1.49. The number of nitrogens with zero attached hydrogens (tertiary/aromatic N) is 2. The van der Waals surface area contributed by atoms with E-state index in [0.717, 1.165) is 4.90 Å². The van der Waals surface area contributed by atoms with Gasteiger partial charge in [-0.2, -0.15) is 4.31 Å². The van der Waals surface area contributed by atoms with Crippen molar-refractivity contribution in [1.82, 2.24) is 9.21 Å². The van der Waals surface area contributed by atoms with Gasteiger partial charge in [0.15, 0.2) is 0 Å². The summed E-state index contributed by atoms with van der Waals surface area (Å²) in [6.07, 6.45) is 1.89. The molecule has 2 aromatic rings. The molecule has 138 valence electrons. The molecular formula is C18H19FN2O3S2. The lowest BCUT2D eigenvalue weighted by Crippen LogP contribution is -2.50. The largest absolute Gasteiger partial charge is 0.336 e. The third-order valence-electron chi connectivity index (χ3n) is 4.30. The highest BCUT2D eigenvalue weighted by atomic mass is 32.2. The maximum absolute atomic E-state index is 13.0. The molecule has 0 N–H and O–H groups in total. The smallest absolute Gasteiger partial charge is 0.253 e. The number of hydrogen-bond acceptors (Lipinski definition) is 4. The minimum atomic E-state index is -3.58. The maximum Gasteiger partial charge on any atom is 0.253 e. The number of rotatable bonds is 4. The van der Waals surface area contributed by atoms with Crippen molar-refractivity contribution in [3.8, 4) is 0 Å². The van der Waals surface area contributed by atoms with Crippen molar-refractivity contribution in [1.29, 1.82) is 0 Å². The van der Waals surface area contributed by atoms with Gasteiger partial charge >= 0.3 is 0 Å². The van der Waals surface area contributed by atoms with Gasteiger partial charge in [-0.1, -0.05) is 6.07 Å². The maximum atomic E-state index is 13.0. The monoisotopic (exact) mass is 394 g/mol. The summed E-state index contributed by atoms with van der Waals surface area (Å²) in [6.45, 7) is 1.08. The third-order valence-corrected chi connectivity index (χ3v) is 6.92. The third kappa shape index (κ3) is 3.92. The van der Waals surface area contributed by atoms with Crippen LogP contribution in [0.1, 0.15) is 10.4 Å². The van der Waals surface area contributed by atoms with E-state index >= 15 is 0 Å². The molecule has 3 rings (SSSR count). The standard InChI is InChI=1S/C18H19FN2O3S2/c1-25-16-3-2-4-17(13-16)26(23,24)21-11-9-20(10-12-21)18(22)14-5-7-15(19)8-6-14/h2-8,13H,9-12H2,1H3. The number of thioether (sulfide) groups is 1. The highest BCUT2D eigenvalue weighted by molar-refractivity contribution is 7.98. The van der Waals surface area contributed by atoms with E-state index in [1.54, 1.807) is 23.1 Å². The van der Waals surface area contributed by atoms with Crippen LogP contribution in [0, 0.1) is 5.82 Å². The van der Waals surface area contributed by atoms with Gasteiger partial charge < -0.3 is 4.90 Å². The van der Waals surface area contributed by atoms with Crippen LogP contribution in [0.4, 0.5) is 4.39 Å². The fourth-order valence-corrected chi connectivity index (χ4v) is 4.82. The zero-order chi connectivity index (χ0) is 18.7. The van der Waals surface area contributed by atoms with Crippen LogP contribution in [0.2, 0.25) is 0 Å². The van der Waals surface area contributed by atoms with E-state index in [-0.39, 0.29) is 23.9 Å². The van der Waals surface area contributed by atoms with Crippen LogP contribution in [0.25, 0.3) is 0 Å². The molecule has 2 aromatic carbocycles. The molecule has 26 heavy (non-hydrogen) atoms. The lowest BCUT2D eigenvalue weighted by Gasteiger charge is -2.34. The highest BCUT2D eigenvalue weighted by Gasteiger charge is 2.30. The summed E-state index contributed by atoms with van der Waals surface area (Å²) < 4.78 is 40.0. The molecule has 0 bridgehead atoms. The van der Waals surface area contributed by atoms with Crippen LogP contribution in [0.3, 0.4) is 0 Å². The van der Waals surface area contributed by atoms with E-state index < -0.39 is 15.8 Å². The van der Waals surface area contributed by atoms with Gasteiger partial charge in [0.1, 0.15) is 5.82 Å². The van der Waals surface area contributed by atoms with Crippen LogP contribution in [0.15, 0.2) is 58.3 Å². The van der Waals surface area contributed by atoms with Crippen molar-refractivity contribution in [2.75, 3.05) is 32.4 Å². The van der Waals surface area contributed by atoms with E-state index in [2.05, 4.69) is 0 Å². The number of sulfonamides is 1. The molecule has 0 saturated carbocycles. The van der Waals surface area contributed by atoms with Crippen molar-refractivity contribution in [3.63, 3.8) is 0 Å². The Morgan fingerprint density at radius 2 is 1.69 bits per heavy atom. The molecule has 0 unspecified atom stereocenters. The summed E-state index contributed by atoms with van der Waals surface area (Å²) in [5.74, 6) is -0.614. The first-order valence-electron chi connectivity index (χ1n) is 8.11. The van der Waals surface area contributed by atoms with Crippen molar-refractivity contribution >= 4 is 27.7 Å².